The van der Waals surface area contributed by atoms with Gasteiger partial charge in [0.15, 0.2) is 0 Å². The normalized spacial score (nSPS) is 13.1. The predicted octanol–water partition coefficient (Wildman–Crippen LogP) is 2.94. The van der Waals surface area contributed by atoms with Crippen LogP contribution >= 0.6 is 0 Å². The number of nitrogens with one attached hydrogen (secondary N) is 2. The van der Waals surface area contributed by atoms with E-state index in [1.54, 1.807) is 0 Å². The van der Waals surface area contributed by atoms with E-state index in [2.05, 4.69) is 55.6 Å². The second-order valence-corrected chi connectivity index (χ2v) is 7.02. The number of ether oxygens (including phenoxy) is 1. The summed E-state index contributed by atoms with van der Waals surface area (Å²) in [5.74, 6) is 0. The van der Waals surface area contributed by atoms with Crippen LogP contribution in [0.3, 0.4) is 0 Å². The Morgan fingerprint density at radius 1 is 1.12 bits per heavy atom. The molecule has 1 unspecified atom stereocenters. The van der Waals surface area contributed by atoms with Crippen LogP contribution in [0.5, 0.6) is 0 Å². The topological polar surface area (TPSA) is 64.0 Å². The standard InChI is InChI=1S/C16H33N5O.C2H6/c1-12(2)17-8-9-21-10-15(19-20-21)16(6,7)22-11-14(5)18-13(3)4;1-2/h10,12-14,17-18H,8-9,11H2,1-7H3;1-2H3. The molecule has 142 valence electrons. The molecule has 0 amide bonds. The van der Waals surface area contributed by atoms with Crippen molar-refractivity contribution >= 4 is 0 Å². The van der Waals surface area contributed by atoms with Crippen LogP contribution in [0.15, 0.2) is 6.20 Å². The number of hydrogen-bond acceptors (Lipinski definition) is 5. The van der Waals surface area contributed by atoms with Crippen LogP contribution in [0.4, 0.5) is 0 Å². The van der Waals surface area contributed by atoms with Crippen LogP contribution < -0.4 is 10.6 Å². The molecule has 0 aliphatic carbocycles. The summed E-state index contributed by atoms with van der Waals surface area (Å²) >= 11 is 0. The van der Waals surface area contributed by atoms with Gasteiger partial charge >= 0.3 is 0 Å². The van der Waals surface area contributed by atoms with E-state index in [4.69, 9.17) is 4.74 Å². The summed E-state index contributed by atoms with van der Waals surface area (Å²) in [6, 6.07) is 1.25. The molecule has 0 bridgehead atoms. The molecule has 1 atom stereocenters. The summed E-state index contributed by atoms with van der Waals surface area (Å²) in [5.41, 5.74) is 0.435. The lowest BCUT2D eigenvalue weighted by Gasteiger charge is -2.26. The third kappa shape index (κ3) is 9.35. The smallest absolute Gasteiger partial charge is 0.114 e. The van der Waals surface area contributed by atoms with Gasteiger partial charge in [0, 0.05) is 24.7 Å². The Balaban J connectivity index is 0.00000254. The van der Waals surface area contributed by atoms with Gasteiger partial charge in [-0.15, -0.1) is 5.10 Å². The van der Waals surface area contributed by atoms with Crippen LogP contribution in [0, 0.1) is 0 Å². The van der Waals surface area contributed by atoms with E-state index in [0.29, 0.717) is 24.7 Å². The van der Waals surface area contributed by atoms with E-state index >= 15 is 0 Å². The molecule has 1 rings (SSSR count). The molecule has 0 saturated heterocycles. The Morgan fingerprint density at radius 3 is 2.29 bits per heavy atom. The van der Waals surface area contributed by atoms with Crippen molar-refractivity contribution in [1.29, 1.82) is 0 Å². The van der Waals surface area contributed by atoms with Crippen LogP contribution in [0.25, 0.3) is 0 Å². The first kappa shape index (κ1) is 23.0. The van der Waals surface area contributed by atoms with Crippen molar-refractivity contribution in [2.24, 2.45) is 0 Å². The average molecular weight is 342 g/mol. The molecule has 1 aromatic heterocycles. The maximum absolute atomic E-state index is 6.04. The van der Waals surface area contributed by atoms with Gasteiger partial charge in [-0.25, -0.2) is 0 Å². The van der Waals surface area contributed by atoms with Gasteiger partial charge in [-0.05, 0) is 20.8 Å². The summed E-state index contributed by atoms with van der Waals surface area (Å²) in [5, 5.41) is 15.3. The van der Waals surface area contributed by atoms with Crippen molar-refractivity contribution in [2.45, 2.75) is 92.6 Å². The van der Waals surface area contributed by atoms with Crippen molar-refractivity contribution in [3.63, 3.8) is 0 Å². The quantitative estimate of drug-likeness (QED) is 0.685. The fourth-order valence-corrected chi connectivity index (χ4v) is 2.18. The second kappa shape index (κ2) is 11.6. The zero-order chi connectivity index (χ0) is 18.8. The Kier molecular flexibility index (Phi) is 11.1. The van der Waals surface area contributed by atoms with Gasteiger partial charge in [0.2, 0.25) is 0 Å². The number of nitrogens with zero attached hydrogens (tertiary/aromatic N) is 3. The highest BCUT2D eigenvalue weighted by atomic mass is 16.5. The van der Waals surface area contributed by atoms with Gasteiger partial charge < -0.3 is 15.4 Å². The van der Waals surface area contributed by atoms with Gasteiger partial charge in [0.05, 0.1) is 19.3 Å². The first-order valence-corrected chi connectivity index (χ1v) is 9.24. The van der Waals surface area contributed by atoms with Crippen LogP contribution in [-0.4, -0.2) is 46.3 Å². The summed E-state index contributed by atoms with van der Waals surface area (Å²) < 4.78 is 7.91. The lowest BCUT2D eigenvalue weighted by Crippen LogP contribution is -2.38. The van der Waals surface area contributed by atoms with Gasteiger partial charge in [0.1, 0.15) is 11.3 Å². The molecule has 2 N–H and O–H groups in total. The maximum atomic E-state index is 6.04. The SMILES string of the molecule is CC.CC(C)NCCn1cc(C(C)(C)OCC(C)NC(C)C)nn1. The molecule has 1 aromatic rings. The minimum absolute atomic E-state index is 0.310. The Morgan fingerprint density at radius 2 is 1.75 bits per heavy atom. The van der Waals surface area contributed by atoms with Crippen molar-refractivity contribution < 1.29 is 4.74 Å². The van der Waals surface area contributed by atoms with E-state index < -0.39 is 5.60 Å². The molecule has 0 aromatic carbocycles. The molecule has 1 heterocycles. The van der Waals surface area contributed by atoms with Crippen LogP contribution in [-0.2, 0) is 16.9 Å². The summed E-state index contributed by atoms with van der Waals surface area (Å²) in [7, 11) is 0. The monoisotopic (exact) mass is 341 g/mol. The lowest BCUT2D eigenvalue weighted by atomic mass is 10.1. The van der Waals surface area contributed by atoms with E-state index in [1.807, 2.05) is 38.6 Å². The molecular formula is C18H39N5O. The number of hydrogen-bond donors (Lipinski definition) is 2. The van der Waals surface area contributed by atoms with Crippen molar-refractivity contribution in [1.82, 2.24) is 25.6 Å². The average Bonchev–Trinajstić information content (AvgIpc) is 2.96. The maximum Gasteiger partial charge on any atom is 0.114 e. The fraction of sp³-hybridized carbons (Fsp3) is 0.889. The zero-order valence-electron chi connectivity index (χ0n) is 17.2. The highest BCUT2D eigenvalue weighted by Crippen LogP contribution is 2.22. The van der Waals surface area contributed by atoms with Crippen molar-refractivity contribution in [3.05, 3.63) is 11.9 Å². The third-order valence-corrected chi connectivity index (χ3v) is 3.36. The number of aromatic nitrogens is 3. The largest absolute Gasteiger partial charge is 0.368 e. The van der Waals surface area contributed by atoms with Crippen molar-refractivity contribution in [3.8, 4) is 0 Å². The number of rotatable bonds is 10. The molecule has 6 nitrogen and oxygen atoms in total. The Labute approximate surface area is 148 Å². The molecule has 0 aliphatic heterocycles. The summed E-state index contributed by atoms with van der Waals surface area (Å²) in [6.07, 6.45) is 1.97. The summed E-state index contributed by atoms with van der Waals surface area (Å²) in [4.78, 5) is 0. The lowest BCUT2D eigenvalue weighted by molar-refractivity contribution is -0.0341. The van der Waals surface area contributed by atoms with Gasteiger partial charge in [-0.2, -0.15) is 0 Å². The second-order valence-electron chi connectivity index (χ2n) is 7.02. The fourth-order valence-electron chi connectivity index (χ4n) is 2.18. The first-order chi connectivity index (χ1) is 11.2. The molecule has 6 heteroatoms. The van der Waals surface area contributed by atoms with E-state index in [0.717, 1.165) is 18.8 Å². The molecule has 0 fully saturated rings. The van der Waals surface area contributed by atoms with E-state index in [1.165, 1.54) is 0 Å². The van der Waals surface area contributed by atoms with Gasteiger partial charge in [-0.3, -0.25) is 4.68 Å². The first-order valence-electron chi connectivity index (χ1n) is 9.24. The minimum atomic E-state index is -0.434. The molecule has 0 saturated carbocycles. The van der Waals surface area contributed by atoms with E-state index in [9.17, 15) is 0 Å². The Bertz CT molecular complexity index is 429. The molecule has 24 heavy (non-hydrogen) atoms. The minimum Gasteiger partial charge on any atom is -0.368 e. The zero-order valence-corrected chi connectivity index (χ0v) is 17.2. The third-order valence-electron chi connectivity index (χ3n) is 3.36. The molecule has 0 spiro atoms. The van der Waals surface area contributed by atoms with Crippen molar-refractivity contribution in [2.75, 3.05) is 13.2 Å². The van der Waals surface area contributed by atoms with Crippen LogP contribution in [0.1, 0.15) is 68.0 Å². The molecule has 0 radical (unpaired) electrons. The molecule has 0 aliphatic rings. The predicted molar refractivity (Wildman–Crippen MR) is 101 cm³/mol. The highest BCUT2D eigenvalue weighted by molar-refractivity contribution is 5.04. The summed E-state index contributed by atoms with van der Waals surface area (Å²) in [6.45, 7) is 21.1. The van der Waals surface area contributed by atoms with Gasteiger partial charge in [0.25, 0.3) is 0 Å². The van der Waals surface area contributed by atoms with E-state index in [-0.39, 0.29) is 0 Å². The highest BCUT2D eigenvalue weighted by Gasteiger charge is 2.26. The molecular weight excluding hydrogens is 302 g/mol. The Hall–Kier alpha value is -0.980. The van der Waals surface area contributed by atoms with Gasteiger partial charge in [-0.1, -0.05) is 46.8 Å². The van der Waals surface area contributed by atoms with Crippen LogP contribution in [0.2, 0.25) is 0 Å².